The number of rotatable bonds is 4. The van der Waals surface area contributed by atoms with Crippen molar-refractivity contribution in [2.24, 2.45) is 5.92 Å². The molecule has 2 nitrogen and oxygen atoms in total. The molecule has 2 heteroatoms. The van der Waals surface area contributed by atoms with Crippen molar-refractivity contribution in [2.75, 3.05) is 6.54 Å². The maximum atomic E-state index is 3.84. The monoisotopic (exact) mass is 224 g/mol. The average molecular weight is 224 g/mol. The molecule has 94 valence electrons. The van der Waals surface area contributed by atoms with E-state index in [9.17, 15) is 0 Å². The van der Waals surface area contributed by atoms with Crippen LogP contribution in [0.25, 0.3) is 0 Å². The van der Waals surface area contributed by atoms with E-state index in [1.54, 1.807) is 0 Å². The van der Waals surface area contributed by atoms with Crippen LogP contribution in [0.1, 0.15) is 58.8 Å². The van der Waals surface area contributed by atoms with E-state index in [-0.39, 0.29) is 0 Å². The summed E-state index contributed by atoms with van der Waals surface area (Å²) in [5, 5.41) is 7.43. The number of hydrogen-bond donors (Lipinski definition) is 2. The molecule has 2 fully saturated rings. The van der Waals surface area contributed by atoms with Gasteiger partial charge in [-0.25, -0.2) is 0 Å². The van der Waals surface area contributed by atoms with Crippen LogP contribution < -0.4 is 10.6 Å². The topological polar surface area (TPSA) is 24.1 Å². The van der Waals surface area contributed by atoms with Crippen molar-refractivity contribution in [3.63, 3.8) is 0 Å². The van der Waals surface area contributed by atoms with Gasteiger partial charge in [-0.15, -0.1) is 0 Å². The molecule has 1 aliphatic carbocycles. The highest BCUT2D eigenvalue weighted by Crippen LogP contribution is 2.24. The van der Waals surface area contributed by atoms with Gasteiger partial charge in [0.1, 0.15) is 0 Å². The van der Waals surface area contributed by atoms with Crippen molar-refractivity contribution in [3.8, 4) is 0 Å². The lowest BCUT2D eigenvalue weighted by Gasteiger charge is -2.31. The van der Waals surface area contributed by atoms with Crippen LogP contribution in [0.3, 0.4) is 0 Å². The number of hydrogen-bond acceptors (Lipinski definition) is 2. The molecular formula is C14H28N2. The van der Waals surface area contributed by atoms with Crippen LogP contribution in [-0.2, 0) is 0 Å². The van der Waals surface area contributed by atoms with Crippen molar-refractivity contribution in [1.29, 1.82) is 0 Å². The Kier molecular flexibility index (Phi) is 4.66. The van der Waals surface area contributed by atoms with Crippen molar-refractivity contribution in [3.05, 3.63) is 0 Å². The maximum Gasteiger partial charge on any atom is 0.00822 e. The first kappa shape index (κ1) is 12.4. The SMILES string of the molecule is CC1CCCC(NC(C)CC2CCCN2)C1. The van der Waals surface area contributed by atoms with Gasteiger partial charge in [-0.2, -0.15) is 0 Å². The van der Waals surface area contributed by atoms with E-state index in [4.69, 9.17) is 0 Å². The van der Waals surface area contributed by atoms with Gasteiger partial charge in [-0.05, 0) is 51.5 Å². The lowest BCUT2D eigenvalue weighted by atomic mass is 9.86. The summed E-state index contributed by atoms with van der Waals surface area (Å²) >= 11 is 0. The van der Waals surface area contributed by atoms with Crippen LogP contribution in [0.5, 0.6) is 0 Å². The van der Waals surface area contributed by atoms with Gasteiger partial charge in [0.2, 0.25) is 0 Å². The third-order valence-electron chi connectivity index (χ3n) is 4.26. The fourth-order valence-electron chi connectivity index (χ4n) is 3.44. The molecule has 1 saturated heterocycles. The molecule has 0 aromatic heterocycles. The van der Waals surface area contributed by atoms with Crippen LogP contribution in [-0.4, -0.2) is 24.7 Å². The van der Waals surface area contributed by atoms with Gasteiger partial charge < -0.3 is 10.6 Å². The molecule has 0 aromatic rings. The first-order valence-electron chi connectivity index (χ1n) is 7.23. The van der Waals surface area contributed by atoms with Crippen LogP contribution in [0, 0.1) is 5.92 Å². The molecule has 0 spiro atoms. The van der Waals surface area contributed by atoms with Gasteiger partial charge in [0.25, 0.3) is 0 Å². The Hall–Kier alpha value is -0.0800. The summed E-state index contributed by atoms with van der Waals surface area (Å²) in [6, 6.07) is 2.26. The smallest absolute Gasteiger partial charge is 0.00822 e. The zero-order valence-corrected chi connectivity index (χ0v) is 11.0. The van der Waals surface area contributed by atoms with Crippen LogP contribution in [0.2, 0.25) is 0 Å². The molecule has 2 rings (SSSR count). The summed E-state index contributed by atoms with van der Waals surface area (Å²) in [5.74, 6) is 0.933. The molecule has 0 bridgehead atoms. The fourth-order valence-corrected chi connectivity index (χ4v) is 3.44. The van der Waals surface area contributed by atoms with Gasteiger partial charge in [0.05, 0.1) is 0 Å². The molecule has 0 radical (unpaired) electrons. The quantitative estimate of drug-likeness (QED) is 0.767. The Morgan fingerprint density at radius 3 is 2.81 bits per heavy atom. The minimum Gasteiger partial charge on any atom is -0.314 e. The van der Waals surface area contributed by atoms with E-state index in [0.717, 1.165) is 18.0 Å². The van der Waals surface area contributed by atoms with E-state index >= 15 is 0 Å². The first-order chi connectivity index (χ1) is 7.74. The summed E-state index contributed by atoms with van der Waals surface area (Å²) in [6.45, 7) is 5.99. The van der Waals surface area contributed by atoms with E-state index in [1.807, 2.05) is 0 Å². The predicted molar refractivity (Wildman–Crippen MR) is 69.7 cm³/mol. The summed E-state index contributed by atoms with van der Waals surface area (Å²) in [6.07, 6.45) is 9.72. The lowest BCUT2D eigenvalue weighted by Crippen LogP contribution is -2.42. The molecule has 2 N–H and O–H groups in total. The lowest BCUT2D eigenvalue weighted by molar-refractivity contribution is 0.274. The Balaban J connectivity index is 1.67. The first-order valence-corrected chi connectivity index (χ1v) is 7.23. The van der Waals surface area contributed by atoms with E-state index in [1.165, 1.54) is 51.5 Å². The third-order valence-corrected chi connectivity index (χ3v) is 4.26. The predicted octanol–water partition coefficient (Wildman–Crippen LogP) is 2.69. The Labute approximate surface area is 101 Å². The summed E-state index contributed by atoms with van der Waals surface area (Å²) in [4.78, 5) is 0. The standard InChI is InChI=1S/C14H28N2/c1-11-5-3-6-14(9-11)16-12(2)10-13-7-4-8-15-13/h11-16H,3-10H2,1-2H3. The van der Waals surface area contributed by atoms with Crippen molar-refractivity contribution >= 4 is 0 Å². The second-order valence-corrected chi connectivity index (χ2v) is 6.07. The molecule has 0 aromatic carbocycles. The highest BCUT2D eigenvalue weighted by molar-refractivity contribution is 4.82. The highest BCUT2D eigenvalue weighted by Gasteiger charge is 2.22. The molecule has 1 saturated carbocycles. The highest BCUT2D eigenvalue weighted by atomic mass is 15.0. The zero-order chi connectivity index (χ0) is 11.4. The van der Waals surface area contributed by atoms with Crippen molar-refractivity contribution < 1.29 is 0 Å². The van der Waals surface area contributed by atoms with Gasteiger partial charge in [-0.3, -0.25) is 0 Å². The van der Waals surface area contributed by atoms with Crippen LogP contribution >= 0.6 is 0 Å². The summed E-state index contributed by atoms with van der Waals surface area (Å²) in [5.41, 5.74) is 0. The maximum absolute atomic E-state index is 3.84. The second-order valence-electron chi connectivity index (χ2n) is 6.07. The molecule has 4 atom stereocenters. The molecule has 4 unspecified atom stereocenters. The summed E-state index contributed by atoms with van der Waals surface area (Å²) in [7, 11) is 0. The third kappa shape index (κ3) is 3.74. The molecular weight excluding hydrogens is 196 g/mol. The molecule has 1 aliphatic heterocycles. The molecule has 2 aliphatic rings. The van der Waals surface area contributed by atoms with Crippen molar-refractivity contribution in [2.45, 2.75) is 76.9 Å². The molecule has 1 heterocycles. The van der Waals surface area contributed by atoms with E-state index < -0.39 is 0 Å². The molecule has 16 heavy (non-hydrogen) atoms. The average Bonchev–Trinajstić information content (AvgIpc) is 2.70. The zero-order valence-electron chi connectivity index (χ0n) is 11.0. The van der Waals surface area contributed by atoms with Gasteiger partial charge in [-0.1, -0.05) is 19.8 Å². The Morgan fingerprint density at radius 2 is 2.12 bits per heavy atom. The van der Waals surface area contributed by atoms with Gasteiger partial charge in [0, 0.05) is 18.1 Å². The van der Waals surface area contributed by atoms with E-state index in [2.05, 4.69) is 24.5 Å². The van der Waals surface area contributed by atoms with Crippen LogP contribution in [0.15, 0.2) is 0 Å². The van der Waals surface area contributed by atoms with Gasteiger partial charge in [0.15, 0.2) is 0 Å². The van der Waals surface area contributed by atoms with Gasteiger partial charge >= 0.3 is 0 Å². The molecule has 0 amide bonds. The van der Waals surface area contributed by atoms with Crippen molar-refractivity contribution in [1.82, 2.24) is 10.6 Å². The second kappa shape index (κ2) is 6.02. The minimum absolute atomic E-state index is 0.686. The Morgan fingerprint density at radius 1 is 1.25 bits per heavy atom. The fraction of sp³-hybridized carbons (Fsp3) is 1.00. The Bertz CT molecular complexity index is 199. The largest absolute Gasteiger partial charge is 0.314 e. The minimum atomic E-state index is 0.686. The summed E-state index contributed by atoms with van der Waals surface area (Å²) < 4.78 is 0. The van der Waals surface area contributed by atoms with E-state index in [0.29, 0.717) is 6.04 Å². The number of nitrogens with one attached hydrogen (secondary N) is 2. The van der Waals surface area contributed by atoms with Crippen LogP contribution in [0.4, 0.5) is 0 Å². The normalized spacial score (nSPS) is 37.5.